The van der Waals surface area contributed by atoms with Gasteiger partial charge in [0.1, 0.15) is 5.76 Å². The number of amides is 1. The van der Waals surface area contributed by atoms with Gasteiger partial charge in [-0.2, -0.15) is 0 Å². The highest BCUT2D eigenvalue weighted by atomic mass is 16.5. The number of Topliss-reactive ketones (excluding diaryl/α,β-unsaturated/α-hetero) is 1. The van der Waals surface area contributed by atoms with Crippen molar-refractivity contribution in [1.29, 1.82) is 0 Å². The van der Waals surface area contributed by atoms with Crippen LogP contribution in [-0.2, 0) is 14.4 Å². The van der Waals surface area contributed by atoms with Gasteiger partial charge in [-0.1, -0.05) is 36.4 Å². The van der Waals surface area contributed by atoms with Gasteiger partial charge >= 0.3 is 0 Å². The number of methoxy groups -OCH3 is 2. The Balaban J connectivity index is 2.18. The summed E-state index contributed by atoms with van der Waals surface area (Å²) in [5, 5.41) is 21.8. The van der Waals surface area contributed by atoms with E-state index in [1.165, 1.54) is 14.2 Å². The van der Waals surface area contributed by atoms with E-state index in [4.69, 9.17) is 9.47 Å². The standard InChI is InChI=1S/C22H21NO7/c1-29-15-9-8-14(12-16(15)30-2)19-18(20(26)13-6-4-3-5-7-13)21(27)22(28)23(19)11-10-17(24)25/h3-9,12,19,26H,10-11H2,1-2H3,(H,24,25)/p-1/t19-/m1/s1. The number of ether oxygens (including phenoxy) is 2. The fraction of sp³-hybridized carbons (Fsp3) is 0.227. The summed E-state index contributed by atoms with van der Waals surface area (Å²) >= 11 is 0. The number of hydrogen-bond acceptors (Lipinski definition) is 7. The zero-order valence-corrected chi connectivity index (χ0v) is 16.5. The summed E-state index contributed by atoms with van der Waals surface area (Å²) in [6, 6.07) is 12.2. The summed E-state index contributed by atoms with van der Waals surface area (Å²) in [5.74, 6) is -2.69. The Kier molecular flexibility index (Phi) is 6.06. The Morgan fingerprint density at radius 3 is 2.33 bits per heavy atom. The smallest absolute Gasteiger partial charge is 0.295 e. The second-order valence-corrected chi connectivity index (χ2v) is 6.59. The molecule has 1 heterocycles. The quantitative estimate of drug-likeness (QED) is 0.415. The van der Waals surface area contributed by atoms with Crippen molar-refractivity contribution in [2.75, 3.05) is 20.8 Å². The Labute approximate surface area is 173 Å². The van der Waals surface area contributed by atoms with Crippen LogP contribution in [0.3, 0.4) is 0 Å². The first-order chi connectivity index (χ1) is 14.4. The zero-order valence-electron chi connectivity index (χ0n) is 16.5. The van der Waals surface area contributed by atoms with Gasteiger partial charge in [-0.05, 0) is 17.7 Å². The molecule has 3 rings (SSSR count). The summed E-state index contributed by atoms with van der Waals surface area (Å²) in [6.07, 6.45) is -0.456. The van der Waals surface area contributed by atoms with Gasteiger partial charge in [0.05, 0.1) is 25.8 Å². The highest BCUT2D eigenvalue weighted by Crippen LogP contribution is 2.41. The minimum absolute atomic E-state index is 0.128. The molecule has 1 saturated heterocycles. The number of aliphatic hydroxyl groups is 1. The molecule has 1 aliphatic heterocycles. The number of likely N-dealkylation sites (tertiary alicyclic amines) is 1. The monoisotopic (exact) mass is 410 g/mol. The number of aliphatic hydroxyl groups excluding tert-OH is 1. The van der Waals surface area contributed by atoms with Crippen LogP contribution in [0.15, 0.2) is 54.1 Å². The number of nitrogens with zero attached hydrogens (tertiary/aromatic N) is 1. The first-order valence-electron chi connectivity index (χ1n) is 9.14. The number of ketones is 1. The highest BCUT2D eigenvalue weighted by molar-refractivity contribution is 6.46. The molecule has 0 aliphatic carbocycles. The molecule has 2 aromatic carbocycles. The van der Waals surface area contributed by atoms with Crippen LogP contribution in [0.25, 0.3) is 5.76 Å². The Morgan fingerprint density at radius 1 is 1.07 bits per heavy atom. The predicted octanol–water partition coefficient (Wildman–Crippen LogP) is 1.27. The number of hydrogen-bond donors (Lipinski definition) is 1. The number of rotatable bonds is 7. The molecule has 2 aromatic rings. The fourth-order valence-corrected chi connectivity index (χ4v) is 3.44. The molecule has 156 valence electrons. The molecule has 0 spiro atoms. The van der Waals surface area contributed by atoms with Gasteiger partial charge < -0.3 is 29.4 Å². The summed E-state index contributed by atoms with van der Waals surface area (Å²) in [4.78, 5) is 37.6. The highest BCUT2D eigenvalue weighted by Gasteiger charge is 2.46. The van der Waals surface area contributed by atoms with E-state index in [0.29, 0.717) is 22.6 Å². The summed E-state index contributed by atoms with van der Waals surface area (Å²) in [6.45, 7) is -0.252. The van der Waals surface area contributed by atoms with Crippen LogP contribution in [0.1, 0.15) is 23.6 Å². The Morgan fingerprint density at radius 2 is 1.73 bits per heavy atom. The summed E-state index contributed by atoms with van der Waals surface area (Å²) in [5.41, 5.74) is 0.695. The van der Waals surface area contributed by atoms with Crippen molar-refractivity contribution in [2.45, 2.75) is 12.5 Å². The van der Waals surface area contributed by atoms with Crippen molar-refractivity contribution in [1.82, 2.24) is 4.90 Å². The molecule has 0 unspecified atom stereocenters. The van der Waals surface area contributed by atoms with Crippen molar-refractivity contribution >= 4 is 23.4 Å². The van der Waals surface area contributed by atoms with Crippen LogP contribution in [0, 0.1) is 0 Å². The molecule has 1 amide bonds. The first kappa shape index (κ1) is 20.9. The van der Waals surface area contributed by atoms with Crippen LogP contribution in [-0.4, -0.2) is 48.4 Å². The molecule has 0 bridgehead atoms. The molecule has 0 saturated carbocycles. The predicted molar refractivity (Wildman–Crippen MR) is 105 cm³/mol. The average Bonchev–Trinajstić information content (AvgIpc) is 3.01. The van der Waals surface area contributed by atoms with Gasteiger partial charge in [-0.25, -0.2) is 0 Å². The number of aliphatic carboxylic acids is 1. The zero-order chi connectivity index (χ0) is 21.8. The van der Waals surface area contributed by atoms with E-state index in [-0.39, 0.29) is 17.9 Å². The van der Waals surface area contributed by atoms with Gasteiger partial charge in [0.25, 0.3) is 11.7 Å². The van der Waals surface area contributed by atoms with Gasteiger partial charge in [0, 0.05) is 24.5 Å². The third kappa shape index (κ3) is 3.84. The van der Waals surface area contributed by atoms with Gasteiger partial charge in [-0.3, -0.25) is 9.59 Å². The van der Waals surface area contributed by atoms with Crippen LogP contribution in [0.4, 0.5) is 0 Å². The van der Waals surface area contributed by atoms with Gasteiger partial charge in [-0.15, -0.1) is 0 Å². The van der Waals surface area contributed by atoms with E-state index >= 15 is 0 Å². The molecule has 1 aliphatic rings. The molecule has 1 N–H and O–H groups in total. The van der Waals surface area contributed by atoms with Crippen LogP contribution >= 0.6 is 0 Å². The topological polar surface area (TPSA) is 116 Å². The second kappa shape index (κ2) is 8.69. The number of carbonyl (C=O) groups excluding carboxylic acids is 3. The van der Waals surface area contributed by atoms with E-state index < -0.39 is 30.1 Å². The van der Waals surface area contributed by atoms with Crippen molar-refractivity contribution in [3.63, 3.8) is 0 Å². The lowest BCUT2D eigenvalue weighted by Gasteiger charge is -2.26. The maximum absolute atomic E-state index is 12.8. The lowest BCUT2D eigenvalue weighted by molar-refractivity contribution is -0.305. The molecule has 30 heavy (non-hydrogen) atoms. The summed E-state index contributed by atoms with van der Waals surface area (Å²) in [7, 11) is 2.91. The van der Waals surface area contributed by atoms with Crippen molar-refractivity contribution in [3.8, 4) is 11.5 Å². The van der Waals surface area contributed by atoms with Crippen LogP contribution in [0.5, 0.6) is 11.5 Å². The molecular formula is C22H20NO7-. The van der Waals surface area contributed by atoms with E-state index in [9.17, 15) is 24.6 Å². The first-order valence-corrected chi connectivity index (χ1v) is 9.14. The van der Waals surface area contributed by atoms with Crippen molar-refractivity contribution in [2.24, 2.45) is 0 Å². The molecule has 8 nitrogen and oxygen atoms in total. The third-order valence-electron chi connectivity index (χ3n) is 4.87. The minimum atomic E-state index is -1.36. The van der Waals surface area contributed by atoms with E-state index in [0.717, 1.165) is 4.90 Å². The van der Waals surface area contributed by atoms with E-state index in [2.05, 4.69) is 0 Å². The van der Waals surface area contributed by atoms with Crippen molar-refractivity contribution in [3.05, 3.63) is 65.2 Å². The number of carboxylic acids is 1. The fourth-order valence-electron chi connectivity index (χ4n) is 3.44. The lowest BCUT2D eigenvalue weighted by atomic mass is 9.95. The molecule has 1 atom stereocenters. The number of carboxylic acid groups (broad SMARTS) is 1. The van der Waals surface area contributed by atoms with E-state index in [1.54, 1.807) is 48.5 Å². The van der Waals surface area contributed by atoms with Crippen molar-refractivity contribution < 1.29 is 34.1 Å². The largest absolute Gasteiger partial charge is 0.550 e. The van der Waals surface area contributed by atoms with Crippen LogP contribution in [0.2, 0.25) is 0 Å². The Bertz CT molecular complexity index is 1010. The molecule has 8 heteroatoms. The summed E-state index contributed by atoms with van der Waals surface area (Å²) < 4.78 is 10.5. The molecular weight excluding hydrogens is 390 g/mol. The van der Waals surface area contributed by atoms with Crippen LogP contribution < -0.4 is 14.6 Å². The molecule has 0 aromatic heterocycles. The lowest BCUT2D eigenvalue weighted by Crippen LogP contribution is -2.34. The van der Waals surface area contributed by atoms with Gasteiger partial charge in [0.15, 0.2) is 11.5 Å². The third-order valence-corrected chi connectivity index (χ3v) is 4.87. The Hall–Kier alpha value is -3.81. The molecule has 1 fully saturated rings. The second-order valence-electron chi connectivity index (χ2n) is 6.59. The SMILES string of the molecule is COc1ccc([C@@H]2C(=C(O)c3ccccc3)C(=O)C(=O)N2CCC(=O)[O-])cc1OC. The number of carbonyl (C=O) groups is 3. The maximum Gasteiger partial charge on any atom is 0.295 e. The number of benzene rings is 2. The van der Waals surface area contributed by atoms with Gasteiger partial charge in [0.2, 0.25) is 0 Å². The van der Waals surface area contributed by atoms with E-state index in [1.807, 2.05) is 0 Å². The molecule has 0 radical (unpaired) electrons. The average molecular weight is 410 g/mol. The minimum Gasteiger partial charge on any atom is -0.550 e. The normalized spacial score (nSPS) is 17.8. The maximum atomic E-state index is 12.8.